The Hall–Kier alpha value is -0.490. The van der Waals surface area contributed by atoms with Crippen LogP contribution in [0.25, 0.3) is 0 Å². The Morgan fingerprint density at radius 3 is 1.52 bits per heavy atom. The van der Waals surface area contributed by atoms with E-state index in [9.17, 15) is 30.7 Å². The highest BCUT2D eigenvalue weighted by molar-refractivity contribution is 4.97. The Morgan fingerprint density at radius 2 is 1.12 bits per heavy atom. The van der Waals surface area contributed by atoms with Crippen molar-refractivity contribution in [2.45, 2.75) is 89.2 Å². The van der Waals surface area contributed by atoms with Crippen LogP contribution in [-0.4, -0.2) is 18.0 Å². The van der Waals surface area contributed by atoms with Crippen LogP contribution in [0, 0.1) is 23.7 Å². The molecule has 2 rings (SSSR count). The van der Waals surface area contributed by atoms with E-state index in [0.717, 1.165) is 32.1 Å². The standard InChI is InChI=1S/C18H27F7/c1-2-3-12-4-6-13(7-5-12)14-8-10-15(11-9-14)16(19,20)17(21,22)18(23,24)25/h12-15H,2-11H2,1H3/t12-,13-,14-,15-. The highest BCUT2D eigenvalue weighted by atomic mass is 19.4. The molecular formula is C18H27F7. The van der Waals surface area contributed by atoms with Crippen molar-refractivity contribution in [3.05, 3.63) is 0 Å². The van der Waals surface area contributed by atoms with Crippen molar-refractivity contribution in [2.75, 3.05) is 0 Å². The average Bonchev–Trinajstić information content (AvgIpc) is 2.55. The molecule has 0 aromatic heterocycles. The van der Waals surface area contributed by atoms with Crippen LogP contribution in [-0.2, 0) is 0 Å². The molecule has 7 heteroatoms. The topological polar surface area (TPSA) is 0 Å². The smallest absolute Gasteiger partial charge is 0.199 e. The summed E-state index contributed by atoms with van der Waals surface area (Å²) in [5.74, 6) is -11.6. The molecule has 2 fully saturated rings. The third-order valence-corrected chi connectivity index (χ3v) is 6.31. The number of rotatable bonds is 5. The van der Waals surface area contributed by atoms with Crippen LogP contribution in [0.4, 0.5) is 30.7 Å². The third-order valence-electron chi connectivity index (χ3n) is 6.31. The van der Waals surface area contributed by atoms with E-state index < -0.39 is 23.9 Å². The summed E-state index contributed by atoms with van der Waals surface area (Å²) in [4.78, 5) is 0. The monoisotopic (exact) mass is 376 g/mol. The van der Waals surface area contributed by atoms with Crippen LogP contribution in [0.1, 0.15) is 71.1 Å². The molecule has 0 N–H and O–H groups in total. The molecule has 2 saturated carbocycles. The van der Waals surface area contributed by atoms with Gasteiger partial charge in [0.25, 0.3) is 0 Å². The minimum atomic E-state index is -6.22. The van der Waals surface area contributed by atoms with Gasteiger partial charge < -0.3 is 0 Å². The maximum atomic E-state index is 13.8. The zero-order valence-corrected chi connectivity index (χ0v) is 14.5. The van der Waals surface area contributed by atoms with Crippen LogP contribution in [0.15, 0.2) is 0 Å². The van der Waals surface area contributed by atoms with Crippen molar-refractivity contribution in [1.82, 2.24) is 0 Å². The molecule has 2 aliphatic rings. The fourth-order valence-corrected chi connectivity index (χ4v) is 4.76. The zero-order chi connectivity index (χ0) is 18.9. The highest BCUT2D eigenvalue weighted by Gasteiger charge is 2.74. The first-order valence-corrected chi connectivity index (χ1v) is 9.33. The van der Waals surface area contributed by atoms with Crippen molar-refractivity contribution < 1.29 is 30.7 Å². The molecule has 0 aromatic rings. The van der Waals surface area contributed by atoms with Gasteiger partial charge in [-0.3, -0.25) is 0 Å². The minimum Gasteiger partial charge on any atom is -0.199 e. The Balaban J connectivity index is 1.89. The number of hydrogen-bond donors (Lipinski definition) is 0. The quantitative estimate of drug-likeness (QED) is 0.444. The summed E-state index contributed by atoms with van der Waals surface area (Å²) >= 11 is 0. The van der Waals surface area contributed by atoms with Gasteiger partial charge in [0.05, 0.1) is 0 Å². The molecule has 0 radical (unpaired) electrons. The Kier molecular flexibility index (Phi) is 6.35. The van der Waals surface area contributed by atoms with Gasteiger partial charge in [0.15, 0.2) is 0 Å². The fourth-order valence-electron chi connectivity index (χ4n) is 4.76. The number of halogens is 7. The lowest BCUT2D eigenvalue weighted by Gasteiger charge is -2.41. The molecule has 0 spiro atoms. The Labute approximate surface area is 144 Å². The lowest BCUT2D eigenvalue weighted by atomic mass is 9.67. The second kappa shape index (κ2) is 7.63. The average molecular weight is 376 g/mol. The van der Waals surface area contributed by atoms with Crippen molar-refractivity contribution >= 4 is 0 Å². The maximum Gasteiger partial charge on any atom is 0.459 e. The Bertz CT molecular complexity index is 414. The molecule has 0 atom stereocenters. The van der Waals surface area contributed by atoms with Crippen LogP contribution in [0.2, 0.25) is 0 Å². The molecule has 0 aromatic carbocycles. The van der Waals surface area contributed by atoms with Gasteiger partial charge in [-0.15, -0.1) is 0 Å². The van der Waals surface area contributed by atoms with Crippen molar-refractivity contribution in [3.63, 3.8) is 0 Å². The molecule has 0 heterocycles. The summed E-state index contributed by atoms with van der Waals surface area (Å²) in [6.07, 6.45) is 0.545. The SMILES string of the molecule is CCC[C@H]1CC[C@H]([C@H]2CC[C@H](C(F)(F)C(F)(F)C(F)(F)F)CC2)CC1. The second-order valence-electron chi connectivity index (χ2n) is 7.88. The fraction of sp³-hybridized carbons (Fsp3) is 1.00. The van der Waals surface area contributed by atoms with E-state index in [1.807, 2.05) is 0 Å². The highest BCUT2D eigenvalue weighted by Crippen LogP contribution is 2.54. The molecule has 25 heavy (non-hydrogen) atoms. The van der Waals surface area contributed by atoms with Gasteiger partial charge in [0.2, 0.25) is 0 Å². The van der Waals surface area contributed by atoms with Crippen LogP contribution < -0.4 is 0 Å². The van der Waals surface area contributed by atoms with Gasteiger partial charge in [0.1, 0.15) is 0 Å². The largest absolute Gasteiger partial charge is 0.459 e. The Morgan fingerprint density at radius 1 is 0.680 bits per heavy atom. The first kappa shape index (κ1) is 20.8. The summed E-state index contributed by atoms with van der Waals surface area (Å²) in [6, 6.07) is 0. The minimum absolute atomic E-state index is 0.189. The molecular weight excluding hydrogens is 349 g/mol. The summed E-state index contributed by atoms with van der Waals surface area (Å²) in [5.41, 5.74) is 0. The molecule has 0 bridgehead atoms. The molecule has 0 aliphatic heterocycles. The summed E-state index contributed by atoms with van der Waals surface area (Å²) in [7, 11) is 0. The lowest BCUT2D eigenvalue weighted by Crippen LogP contribution is -2.56. The second-order valence-corrected chi connectivity index (χ2v) is 7.88. The number of hydrogen-bond acceptors (Lipinski definition) is 0. The van der Waals surface area contributed by atoms with Crippen molar-refractivity contribution in [3.8, 4) is 0 Å². The van der Waals surface area contributed by atoms with E-state index in [1.54, 1.807) is 0 Å². The number of alkyl halides is 7. The normalized spacial score (nSPS) is 32.6. The third kappa shape index (κ3) is 4.26. The van der Waals surface area contributed by atoms with E-state index in [2.05, 4.69) is 6.92 Å². The van der Waals surface area contributed by atoms with E-state index in [-0.39, 0.29) is 18.8 Å². The molecule has 148 valence electrons. The lowest BCUT2D eigenvalue weighted by molar-refractivity contribution is -0.367. The van der Waals surface area contributed by atoms with Gasteiger partial charge in [0, 0.05) is 5.92 Å². The molecule has 0 nitrogen and oxygen atoms in total. The van der Waals surface area contributed by atoms with E-state index >= 15 is 0 Å². The zero-order valence-electron chi connectivity index (χ0n) is 14.5. The van der Waals surface area contributed by atoms with Crippen LogP contribution in [0.5, 0.6) is 0 Å². The van der Waals surface area contributed by atoms with Crippen molar-refractivity contribution in [2.24, 2.45) is 23.7 Å². The first-order chi connectivity index (χ1) is 11.5. The molecule has 0 unspecified atom stereocenters. The van der Waals surface area contributed by atoms with Crippen LogP contribution in [0.3, 0.4) is 0 Å². The molecule has 0 saturated heterocycles. The first-order valence-electron chi connectivity index (χ1n) is 9.33. The van der Waals surface area contributed by atoms with Gasteiger partial charge in [-0.1, -0.05) is 32.6 Å². The van der Waals surface area contributed by atoms with Gasteiger partial charge in [-0.05, 0) is 56.3 Å². The summed E-state index contributed by atoms with van der Waals surface area (Å²) < 4.78 is 91.0. The predicted octanol–water partition coefficient (Wildman–Crippen LogP) is 7.23. The maximum absolute atomic E-state index is 13.8. The van der Waals surface area contributed by atoms with E-state index in [1.165, 1.54) is 6.42 Å². The molecule has 2 aliphatic carbocycles. The van der Waals surface area contributed by atoms with E-state index in [4.69, 9.17) is 0 Å². The van der Waals surface area contributed by atoms with Gasteiger partial charge in [-0.25, -0.2) is 0 Å². The van der Waals surface area contributed by atoms with E-state index in [0.29, 0.717) is 24.7 Å². The predicted molar refractivity (Wildman–Crippen MR) is 81.8 cm³/mol. The van der Waals surface area contributed by atoms with Gasteiger partial charge in [-0.2, -0.15) is 30.7 Å². The van der Waals surface area contributed by atoms with Gasteiger partial charge >= 0.3 is 18.0 Å². The molecule has 0 amide bonds. The summed E-state index contributed by atoms with van der Waals surface area (Å²) in [6.45, 7) is 2.14. The van der Waals surface area contributed by atoms with Crippen molar-refractivity contribution in [1.29, 1.82) is 0 Å². The van der Waals surface area contributed by atoms with Crippen LogP contribution >= 0.6 is 0 Å². The summed E-state index contributed by atoms with van der Waals surface area (Å²) in [5, 5.41) is 0.